The predicted octanol–water partition coefficient (Wildman–Crippen LogP) is 0.169. The molecule has 0 aliphatic carbocycles. The molecule has 4 heteroatoms. The van der Waals surface area contributed by atoms with Crippen LogP contribution in [0, 0.1) is 11.8 Å². The number of nitrogens with zero attached hydrogens (tertiary/aromatic N) is 2. The number of carbonyl (C=O) groups is 1. The minimum Gasteiger partial charge on any atom is -0.396 e. The van der Waals surface area contributed by atoms with Crippen LogP contribution in [0.15, 0.2) is 0 Å². The Morgan fingerprint density at radius 1 is 1.31 bits per heavy atom. The highest BCUT2D eigenvalue weighted by Gasteiger charge is 2.31. The van der Waals surface area contributed by atoms with Crippen molar-refractivity contribution < 1.29 is 9.90 Å². The lowest BCUT2D eigenvalue weighted by Gasteiger charge is -2.31. The molecule has 1 unspecified atom stereocenters. The molecule has 0 aromatic carbocycles. The van der Waals surface area contributed by atoms with Crippen LogP contribution in [0.4, 0.5) is 0 Å². The van der Waals surface area contributed by atoms with Gasteiger partial charge >= 0.3 is 0 Å². The molecule has 0 radical (unpaired) electrons. The van der Waals surface area contributed by atoms with Crippen LogP contribution in [-0.4, -0.2) is 60.6 Å². The molecule has 0 saturated carbocycles. The summed E-state index contributed by atoms with van der Waals surface area (Å²) in [5.74, 6) is 1.08. The number of carbonyl (C=O) groups excluding carboxylic acids is 1. The lowest BCUT2D eigenvalue weighted by atomic mass is 9.96. The van der Waals surface area contributed by atoms with E-state index in [1.807, 2.05) is 4.90 Å². The van der Waals surface area contributed by atoms with Gasteiger partial charge in [0.25, 0.3) is 0 Å². The maximum Gasteiger partial charge on any atom is 0.223 e. The molecule has 2 fully saturated rings. The van der Waals surface area contributed by atoms with Gasteiger partial charge in [-0.1, -0.05) is 0 Å². The summed E-state index contributed by atoms with van der Waals surface area (Å²) < 4.78 is 0. The van der Waals surface area contributed by atoms with Crippen molar-refractivity contribution in [1.82, 2.24) is 9.80 Å². The van der Waals surface area contributed by atoms with Crippen LogP contribution in [0.2, 0.25) is 0 Å². The van der Waals surface area contributed by atoms with Crippen LogP contribution in [0.3, 0.4) is 0 Å². The van der Waals surface area contributed by atoms with Crippen molar-refractivity contribution in [3.05, 3.63) is 0 Å². The molecule has 0 aromatic rings. The molecule has 2 heterocycles. The number of rotatable bonds is 3. The molecule has 92 valence electrons. The highest BCUT2D eigenvalue weighted by molar-refractivity contribution is 5.78. The summed E-state index contributed by atoms with van der Waals surface area (Å²) in [6.45, 7) is 4.12. The number of aliphatic hydroxyl groups is 1. The minimum absolute atomic E-state index is 0.148. The van der Waals surface area contributed by atoms with Crippen molar-refractivity contribution in [3.8, 4) is 0 Å². The van der Waals surface area contributed by atoms with Gasteiger partial charge in [0.15, 0.2) is 0 Å². The molecule has 4 nitrogen and oxygen atoms in total. The van der Waals surface area contributed by atoms with E-state index < -0.39 is 0 Å². The smallest absolute Gasteiger partial charge is 0.223 e. The Bertz CT molecular complexity index is 249. The highest BCUT2D eigenvalue weighted by Crippen LogP contribution is 2.22. The first kappa shape index (κ1) is 11.9. The summed E-state index contributed by atoms with van der Waals surface area (Å²) in [4.78, 5) is 16.0. The fraction of sp³-hybridized carbons (Fsp3) is 0.917. The standard InChI is InChI=1S/C12H22N2O2/c1-13-4-2-10(3-5-13)7-14-8-11(9-15)6-12(14)16/h10-11,15H,2-9H2,1H3. The van der Waals surface area contributed by atoms with Gasteiger partial charge in [-0.25, -0.2) is 0 Å². The van der Waals surface area contributed by atoms with Crippen LogP contribution < -0.4 is 0 Å². The van der Waals surface area contributed by atoms with Gasteiger partial charge in [0, 0.05) is 32.0 Å². The number of aliphatic hydroxyl groups excluding tert-OH is 1. The Morgan fingerprint density at radius 3 is 2.56 bits per heavy atom. The minimum atomic E-state index is 0.148. The maximum atomic E-state index is 11.7. The highest BCUT2D eigenvalue weighted by atomic mass is 16.3. The van der Waals surface area contributed by atoms with Crippen molar-refractivity contribution in [2.24, 2.45) is 11.8 Å². The second-order valence-corrected chi connectivity index (χ2v) is 5.30. The zero-order chi connectivity index (χ0) is 11.5. The molecule has 2 saturated heterocycles. The molecule has 2 rings (SSSR count). The van der Waals surface area contributed by atoms with E-state index in [4.69, 9.17) is 5.11 Å². The van der Waals surface area contributed by atoms with E-state index in [9.17, 15) is 4.79 Å². The normalized spacial score (nSPS) is 29.0. The van der Waals surface area contributed by atoms with Gasteiger partial charge in [-0.15, -0.1) is 0 Å². The molecule has 1 atom stereocenters. The molecule has 0 bridgehead atoms. The van der Waals surface area contributed by atoms with Gasteiger partial charge in [-0.3, -0.25) is 4.79 Å². The number of amides is 1. The third kappa shape index (κ3) is 2.74. The van der Waals surface area contributed by atoms with E-state index in [0.29, 0.717) is 12.3 Å². The van der Waals surface area contributed by atoms with Gasteiger partial charge in [0.2, 0.25) is 5.91 Å². The van der Waals surface area contributed by atoms with Crippen LogP contribution in [-0.2, 0) is 4.79 Å². The second kappa shape index (κ2) is 5.15. The molecule has 2 aliphatic heterocycles. The maximum absolute atomic E-state index is 11.7. The van der Waals surface area contributed by atoms with Crippen molar-refractivity contribution in [2.45, 2.75) is 19.3 Å². The van der Waals surface area contributed by atoms with E-state index in [2.05, 4.69) is 11.9 Å². The molecule has 1 amide bonds. The molecule has 0 aromatic heterocycles. The van der Waals surface area contributed by atoms with E-state index >= 15 is 0 Å². The van der Waals surface area contributed by atoms with Crippen molar-refractivity contribution >= 4 is 5.91 Å². The van der Waals surface area contributed by atoms with Gasteiger partial charge in [0.05, 0.1) is 0 Å². The third-order valence-electron chi connectivity index (χ3n) is 3.87. The molecule has 16 heavy (non-hydrogen) atoms. The second-order valence-electron chi connectivity index (χ2n) is 5.30. The topological polar surface area (TPSA) is 43.8 Å². The first-order chi connectivity index (χ1) is 7.69. The van der Waals surface area contributed by atoms with E-state index in [0.717, 1.165) is 26.2 Å². The molecule has 2 aliphatic rings. The van der Waals surface area contributed by atoms with Crippen molar-refractivity contribution in [3.63, 3.8) is 0 Å². The zero-order valence-electron chi connectivity index (χ0n) is 10.1. The number of hydrogen-bond donors (Lipinski definition) is 1. The number of piperidine rings is 1. The Morgan fingerprint density at radius 2 is 2.00 bits per heavy atom. The number of hydrogen-bond acceptors (Lipinski definition) is 3. The van der Waals surface area contributed by atoms with E-state index in [1.54, 1.807) is 0 Å². The monoisotopic (exact) mass is 226 g/mol. The SMILES string of the molecule is CN1CCC(CN2CC(CO)CC2=O)CC1. The van der Waals surface area contributed by atoms with E-state index in [-0.39, 0.29) is 18.4 Å². The average molecular weight is 226 g/mol. The Kier molecular flexibility index (Phi) is 3.82. The Hall–Kier alpha value is -0.610. The third-order valence-corrected chi connectivity index (χ3v) is 3.87. The first-order valence-electron chi connectivity index (χ1n) is 6.26. The summed E-state index contributed by atoms with van der Waals surface area (Å²) in [5, 5.41) is 9.06. The summed E-state index contributed by atoms with van der Waals surface area (Å²) in [5.41, 5.74) is 0. The van der Waals surface area contributed by atoms with Crippen molar-refractivity contribution in [2.75, 3.05) is 39.8 Å². The molecule has 1 N–H and O–H groups in total. The molecule has 0 spiro atoms. The van der Waals surface area contributed by atoms with Crippen LogP contribution in [0.25, 0.3) is 0 Å². The summed E-state index contributed by atoms with van der Waals surface area (Å²) in [6, 6.07) is 0. The summed E-state index contributed by atoms with van der Waals surface area (Å²) >= 11 is 0. The average Bonchev–Trinajstić information content (AvgIpc) is 2.63. The van der Waals surface area contributed by atoms with Crippen molar-refractivity contribution in [1.29, 1.82) is 0 Å². The summed E-state index contributed by atoms with van der Waals surface area (Å²) in [6.07, 6.45) is 2.94. The fourth-order valence-corrected chi connectivity index (χ4v) is 2.71. The van der Waals surface area contributed by atoms with Gasteiger partial charge < -0.3 is 14.9 Å². The van der Waals surface area contributed by atoms with Crippen LogP contribution in [0.1, 0.15) is 19.3 Å². The quantitative estimate of drug-likeness (QED) is 0.746. The van der Waals surface area contributed by atoms with Gasteiger partial charge in [0.1, 0.15) is 0 Å². The molecular weight excluding hydrogens is 204 g/mol. The summed E-state index contributed by atoms with van der Waals surface area (Å²) in [7, 11) is 2.15. The van der Waals surface area contributed by atoms with Crippen LogP contribution in [0.5, 0.6) is 0 Å². The Balaban J connectivity index is 1.79. The number of likely N-dealkylation sites (tertiary alicyclic amines) is 2. The fourth-order valence-electron chi connectivity index (χ4n) is 2.71. The molecular formula is C12H22N2O2. The largest absolute Gasteiger partial charge is 0.396 e. The van der Waals surface area contributed by atoms with Crippen LogP contribution >= 0.6 is 0 Å². The van der Waals surface area contributed by atoms with Gasteiger partial charge in [-0.05, 0) is 38.9 Å². The van der Waals surface area contributed by atoms with Gasteiger partial charge in [-0.2, -0.15) is 0 Å². The lowest BCUT2D eigenvalue weighted by Crippen LogP contribution is -2.37. The predicted molar refractivity (Wildman–Crippen MR) is 62.0 cm³/mol. The van der Waals surface area contributed by atoms with E-state index in [1.165, 1.54) is 12.8 Å². The lowest BCUT2D eigenvalue weighted by molar-refractivity contribution is -0.128. The zero-order valence-corrected chi connectivity index (χ0v) is 10.1. The Labute approximate surface area is 97.2 Å². The first-order valence-corrected chi connectivity index (χ1v) is 6.26.